The lowest BCUT2D eigenvalue weighted by Gasteiger charge is -2.16. The minimum atomic E-state index is -0.579. The molecule has 1 saturated heterocycles. The smallest absolute Gasteiger partial charge is 0.280 e. The quantitative estimate of drug-likeness (QED) is 0.745. The van der Waals surface area contributed by atoms with Crippen molar-refractivity contribution >= 4 is 23.2 Å². The number of carbonyl (C=O) groups excluding carboxylic acids is 2. The first-order valence-electron chi connectivity index (χ1n) is 9.41. The first-order chi connectivity index (χ1) is 14.0. The van der Waals surface area contributed by atoms with Gasteiger partial charge in [0.05, 0.1) is 5.69 Å². The van der Waals surface area contributed by atoms with E-state index < -0.39 is 11.3 Å². The average Bonchev–Trinajstić information content (AvgIpc) is 3.15. The molecule has 4 rings (SSSR count). The molecule has 1 aliphatic rings. The van der Waals surface area contributed by atoms with Crippen LogP contribution in [0.2, 0.25) is 0 Å². The lowest BCUT2D eigenvalue weighted by molar-refractivity contribution is -0.117. The summed E-state index contributed by atoms with van der Waals surface area (Å²) in [5.74, 6) is -0.475. The van der Waals surface area contributed by atoms with Crippen LogP contribution >= 0.6 is 0 Å². The van der Waals surface area contributed by atoms with Crippen LogP contribution in [-0.4, -0.2) is 28.1 Å². The molecule has 146 valence electrons. The fourth-order valence-corrected chi connectivity index (χ4v) is 3.37. The van der Waals surface area contributed by atoms with Crippen LogP contribution in [-0.2, 0) is 4.79 Å². The molecule has 2 amide bonds. The largest absolute Gasteiger partial charge is 0.320 e. The van der Waals surface area contributed by atoms with Gasteiger partial charge in [-0.15, -0.1) is 0 Å². The second kappa shape index (κ2) is 7.71. The highest BCUT2D eigenvalue weighted by atomic mass is 16.2. The van der Waals surface area contributed by atoms with Gasteiger partial charge >= 0.3 is 0 Å². The Bertz CT molecular complexity index is 1120. The molecule has 7 heteroatoms. The summed E-state index contributed by atoms with van der Waals surface area (Å²) in [6, 6.07) is 17.7. The summed E-state index contributed by atoms with van der Waals surface area (Å²) >= 11 is 0. The molecule has 0 atom stereocenters. The number of anilines is 2. The Kier molecular flexibility index (Phi) is 4.95. The Hall–Kier alpha value is -3.74. The van der Waals surface area contributed by atoms with Crippen molar-refractivity contribution in [3.8, 4) is 5.69 Å². The Morgan fingerprint density at radius 3 is 2.38 bits per heavy atom. The first kappa shape index (κ1) is 18.6. The molecule has 1 N–H and O–H groups in total. The second-order valence-electron chi connectivity index (χ2n) is 6.90. The van der Waals surface area contributed by atoms with Crippen molar-refractivity contribution in [1.82, 2.24) is 9.78 Å². The summed E-state index contributed by atoms with van der Waals surface area (Å²) < 4.78 is 1.57. The zero-order valence-electron chi connectivity index (χ0n) is 16.0. The van der Waals surface area contributed by atoms with E-state index in [9.17, 15) is 14.4 Å². The maximum absolute atomic E-state index is 12.7. The average molecular weight is 388 g/mol. The predicted octanol–water partition coefficient (Wildman–Crippen LogP) is 2.92. The highest BCUT2D eigenvalue weighted by Gasteiger charge is 2.21. The summed E-state index contributed by atoms with van der Waals surface area (Å²) in [7, 11) is 0. The number of para-hydroxylation sites is 1. The second-order valence-corrected chi connectivity index (χ2v) is 6.90. The summed E-state index contributed by atoms with van der Waals surface area (Å²) in [5.41, 5.74) is 2.10. The normalized spacial score (nSPS) is 13.6. The van der Waals surface area contributed by atoms with Crippen molar-refractivity contribution in [2.75, 3.05) is 16.8 Å². The van der Waals surface area contributed by atoms with Gasteiger partial charge in [-0.2, -0.15) is 5.10 Å². The van der Waals surface area contributed by atoms with Crippen molar-refractivity contribution in [3.63, 3.8) is 0 Å². The SMILES string of the molecule is Cc1cc(=O)c(C(=O)Nc2ccc(N3CCCC3=O)cc2)nn1-c1ccccc1. The Morgan fingerprint density at radius 2 is 1.72 bits per heavy atom. The predicted molar refractivity (Wildman–Crippen MR) is 111 cm³/mol. The zero-order valence-corrected chi connectivity index (χ0v) is 16.0. The van der Waals surface area contributed by atoms with E-state index >= 15 is 0 Å². The fourth-order valence-electron chi connectivity index (χ4n) is 3.37. The summed E-state index contributed by atoms with van der Waals surface area (Å²) in [4.78, 5) is 38.6. The highest BCUT2D eigenvalue weighted by molar-refractivity contribution is 6.03. The van der Waals surface area contributed by atoms with Crippen LogP contribution < -0.4 is 15.6 Å². The number of rotatable bonds is 4. The van der Waals surface area contributed by atoms with Crippen LogP contribution in [0, 0.1) is 6.92 Å². The molecule has 29 heavy (non-hydrogen) atoms. The zero-order chi connectivity index (χ0) is 20.4. The van der Waals surface area contributed by atoms with Crippen molar-refractivity contribution in [2.24, 2.45) is 0 Å². The third-order valence-electron chi connectivity index (χ3n) is 4.83. The molecule has 1 fully saturated rings. The van der Waals surface area contributed by atoms with E-state index in [1.807, 2.05) is 30.3 Å². The van der Waals surface area contributed by atoms with Gasteiger partial charge < -0.3 is 10.2 Å². The Labute approximate surface area is 167 Å². The molecule has 0 spiro atoms. The van der Waals surface area contributed by atoms with Gasteiger partial charge in [0.15, 0.2) is 5.69 Å². The first-order valence-corrected chi connectivity index (χ1v) is 9.41. The molecule has 0 unspecified atom stereocenters. The van der Waals surface area contributed by atoms with E-state index in [4.69, 9.17) is 0 Å². The van der Waals surface area contributed by atoms with Crippen molar-refractivity contribution in [1.29, 1.82) is 0 Å². The van der Waals surface area contributed by atoms with Gasteiger partial charge in [0, 0.05) is 36.1 Å². The van der Waals surface area contributed by atoms with Gasteiger partial charge in [0.1, 0.15) is 0 Å². The van der Waals surface area contributed by atoms with E-state index in [-0.39, 0.29) is 11.6 Å². The number of benzene rings is 2. The van der Waals surface area contributed by atoms with Crippen LogP contribution in [0.5, 0.6) is 0 Å². The van der Waals surface area contributed by atoms with E-state index in [1.165, 1.54) is 6.07 Å². The fraction of sp³-hybridized carbons (Fsp3) is 0.182. The number of nitrogens with one attached hydrogen (secondary N) is 1. The molecule has 1 aromatic heterocycles. The summed E-state index contributed by atoms with van der Waals surface area (Å²) in [5, 5.41) is 6.98. The number of aromatic nitrogens is 2. The monoisotopic (exact) mass is 388 g/mol. The number of aryl methyl sites for hydroxylation is 1. The van der Waals surface area contributed by atoms with Gasteiger partial charge in [0.2, 0.25) is 11.3 Å². The minimum absolute atomic E-state index is 0.104. The van der Waals surface area contributed by atoms with E-state index in [1.54, 1.807) is 40.8 Å². The maximum Gasteiger partial charge on any atom is 0.280 e. The van der Waals surface area contributed by atoms with Crippen LogP contribution in [0.25, 0.3) is 5.69 Å². The van der Waals surface area contributed by atoms with Crippen molar-refractivity contribution in [2.45, 2.75) is 19.8 Å². The lowest BCUT2D eigenvalue weighted by Crippen LogP contribution is -2.27. The van der Waals surface area contributed by atoms with Crippen LogP contribution in [0.1, 0.15) is 29.0 Å². The molecule has 0 radical (unpaired) electrons. The Morgan fingerprint density at radius 1 is 1.00 bits per heavy atom. The topological polar surface area (TPSA) is 84.3 Å². The molecule has 1 aliphatic heterocycles. The number of carbonyl (C=O) groups is 2. The number of nitrogens with zero attached hydrogens (tertiary/aromatic N) is 3. The molecule has 0 aliphatic carbocycles. The number of hydrogen-bond acceptors (Lipinski definition) is 4. The molecule has 7 nitrogen and oxygen atoms in total. The standard InChI is InChI=1S/C22H20N4O3/c1-15-14-19(27)21(24-26(15)18-6-3-2-4-7-18)22(29)23-16-9-11-17(12-10-16)25-13-5-8-20(25)28/h2-4,6-7,9-12,14H,5,8,13H2,1H3,(H,23,29). The van der Waals surface area contributed by atoms with E-state index in [0.717, 1.165) is 17.8 Å². The molecular formula is C22H20N4O3. The van der Waals surface area contributed by atoms with E-state index in [2.05, 4.69) is 10.4 Å². The molecule has 2 aromatic carbocycles. The number of hydrogen-bond donors (Lipinski definition) is 1. The van der Waals surface area contributed by atoms with Crippen LogP contribution in [0.4, 0.5) is 11.4 Å². The van der Waals surface area contributed by atoms with Crippen LogP contribution in [0.15, 0.2) is 65.5 Å². The third-order valence-corrected chi connectivity index (χ3v) is 4.83. The number of amides is 2. The molecule has 3 aromatic rings. The maximum atomic E-state index is 12.7. The van der Waals surface area contributed by atoms with Gasteiger partial charge in [-0.05, 0) is 49.7 Å². The summed E-state index contributed by atoms with van der Waals surface area (Å²) in [6.45, 7) is 2.47. The Balaban J connectivity index is 1.57. The molecule has 0 saturated carbocycles. The van der Waals surface area contributed by atoms with Gasteiger partial charge in [-0.3, -0.25) is 14.4 Å². The van der Waals surface area contributed by atoms with Gasteiger partial charge in [-0.25, -0.2) is 4.68 Å². The van der Waals surface area contributed by atoms with Gasteiger partial charge in [-0.1, -0.05) is 18.2 Å². The van der Waals surface area contributed by atoms with Crippen LogP contribution in [0.3, 0.4) is 0 Å². The van der Waals surface area contributed by atoms with Gasteiger partial charge in [0.25, 0.3) is 5.91 Å². The third kappa shape index (κ3) is 3.80. The van der Waals surface area contributed by atoms with Crippen molar-refractivity contribution < 1.29 is 9.59 Å². The summed E-state index contributed by atoms with van der Waals surface area (Å²) in [6.07, 6.45) is 1.41. The lowest BCUT2D eigenvalue weighted by atomic mass is 10.2. The molecule has 0 bridgehead atoms. The van der Waals surface area contributed by atoms with Crippen molar-refractivity contribution in [3.05, 3.63) is 82.3 Å². The van der Waals surface area contributed by atoms with E-state index in [0.29, 0.717) is 24.3 Å². The molecular weight excluding hydrogens is 368 g/mol. The minimum Gasteiger partial charge on any atom is -0.320 e. The molecule has 2 heterocycles. The highest BCUT2D eigenvalue weighted by Crippen LogP contribution is 2.23.